The number of aliphatic hydroxyl groups is 1. The summed E-state index contributed by atoms with van der Waals surface area (Å²) in [5.74, 6) is -1.08. The number of hydrogen-bond acceptors (Lipinski definition) is 3. The summed E-state index contributed by atoms with van der Waals surface area (Å²) in [6, 6.07) is 0. The van der Waals surface area contributed by atoms with Gasteiger partial charge in [0.05, 0.1) is 0 Å². The molecule has 3 nitrogen and oxygen atoms in total. The smallest absolute Gasteiger partial charge is 0.339 e. The van der Waals surface area contributed by atoms with Crippen LogP contribution in [-0.2, 0) is 9.47 Å². The van der Waals surface area contributed by atoms with E-state index in [0.717, 1.165) is 0 Å². The van der Waals surface area contributed by atoms with Gasteiger partial charge in [0, 0.05) is 0 Å². The maximum atomic E-state index is 8.26. The number of epoxide rings is 2. The van der Waals surface area contributed by atoms with Crippen LogP contribution in [-0.4, -0.2) is 17.4 Å². The SMILES string of the molecule is OC12OC1O2. The standard InChI is InChI=1S/C2H2O3/c3-2-1(4-2)5-2/h1,3H. The third kappa shape index (κ3) is 0.0972. The molecule has 0 spiro atoms. The van der Waals surface area contributed by atoms with Crippen LogP contribution < -0.4 is 0 Å². The Morgan fingerprint density at radius 3 is 1.80 bits per heavy atom. The summed E-state index contributed by atoms with van der Waals surface area (Å²) in [6.45, 7) is 0. The van der Waals surface area contributed by atoms with Gasteiger partial charge in [-0.1, -0.05) is 0 Å². The Hall–Kier alpha value is -0.120. The summed E-state index contributed by atoms with van der Waals surface area (Å²) >= 11 is 0. The Labute approximate surface area is 28.1 Å². The lowest BCUT2D eigenvalue weighted by Crippen LogP contribution is -1.91. The Kier molecular flexibility index (Phi) is 0.116. The van der Waals surface area contributed by atoms with Crippen LogP contribution in [0.25, 0.3) is 0 Å². The zero-order valence-corrected chi connectivity index (χ0v) is 2.34. The van der Waals surface area contributed by atoms with Crippen molar-refractivity contribution in [2.45, 2.75) is 12.3 Å². The molecular formula is C2H2O3. The second kappa shape index (κ2) is 0.272. The highest BCUT2D eigenvalue weighted by Crippen LogP contribution is 2.53. The maximum Gasteiger partial charge on any atom is 0.340 e. The van der Waals surface area contributed by atoms with Gasteiger partial charge in [-0.2, -0.15) is 0 Å². The minimum atomic E-state index is -1.08. The fourth-order valence-electron chi connectivity index (χ4n) is 0.248. The van der Waals surface area contributed by atoms with Crippen molar-refractivity contribution in [3.8, 4) is 0 Å². The fourth-order valence-corrected chi connectivity index (χ4v) is 0.248. The van der Waals surface area contributed by atoms with Crippen molar-refractivity contribution < 1.29 is 14.6 Å². The van der Waals surface area contributed by atoms with E-state index in [2.05, 4.69) is 9.47 Å². The number of ether oxygens (including phenoxy) is 2. The molecule has 0 unspecified atom stereocenters. The highest BCUT2D eigenvalue weighted by Gasteiger charge is 2.78. The molecule has 2 aliphatic heterocycles. The van der Waals surface area contributed by atoms with Crippen LogP contribution in [0.3, 0.4) is 0 Å². The van der Waals surface area contributed by atoms with Crippen LogP contribution in [0.2, 0.25) is 0 Å². The van der Waals surface area contributed by atoms with Crippen molar-refractivity contribution in [2.24, 2.45) is 0 Å². The summed E-state index contributed by atoms with van der Waals surface area (Å²) in [5.41, 5.74) is 0. The zero-order chi connectivity index (χ0) is 3.49. The largest absolute Gasteiger partial charge is 0.340 e. The molecule has 0 aromatic heterocycles. The maximum absolute atomic E-state index is 8.26. The molecule has 0 radical (unpaired) electrons. The minimum Gasteiger partial charge on any atom is -0.339 e. The molecule has 0 bridgehead atoms. The van der Waals surface area contributed by atoms with Crippen LogP contribution in [0.1, 0.15) is 0 Å². The molecule has 0 aromatic carbocycles. The molecule has 1 N–H and O–H groups in total. The van der Waals surface area contributed by atoms with E-state index in [1.807, 2.05) is 0 Å². The summed E-state index contributed by atoms with van der Waals surface area (Å²) in [4.78, 5) is 0. The summed E-state index contributed by atoms with van der Waals surface area (Å²) in [5, 5.41) is 8.26. The van der Waals surface area contributed by atoms with Gasteiger partial charge in [-0.25, -0.2) is 0 Å². The lowest BCUT2D eigenvalue weighted by molar-refractivity contribution is -0.162. The van der Waals surface area contributed by atoms with Gasteiger partial charge < -0.3 is 5.11 Å². The molecule has 2 aliphatic rings. The molecular weight excluding hydrogens is 72.0 g/mol. The molecule has 28 valence electrons. The Balaban J connectivity index is 2.37. The summed E-state index contributed by atoms with van der Waals surface area (Å²) < 4.78 is 8.65. The number of fused-ring (bicyclic) bond motifs is 1. The number of rotatable bonds is 0. The van der Waals surface area contributed by atoms with Gasteiger partial charge in [0.1, 0.15) is 0 Å². The van der Waals surface area contributed by atoms with Crippen molar-refractivity contribution in [3.63, 3.8) is 0 Å². The van der Waals surface area contributed by atoms with Gasteiger partial charge in [-0.05, 0) is 0 Å². The van der Waals surface area contributed by atoms with Crippen LogP contribution >= 0.6 is 0 Å². The third-order valence-corrected chi connectivity index (χ3v) is 0.735. The van der Waals surface area contributed by atoms with Crippen molar-refractivity contribution in [1.82, 2.24) is 0 Å². The molecule has 2 fully saturated rings. The monoisotopic (exact) mass is 74.0 g/mol. The van der Waals surface area contributed by atoms with Crippen molar-refractivity contribution >= 4 is 0 Å². The molecule has 2 rings (SSSR count). The van der Waals surface area contributed by atoms with E-state index in [1.54, 1.807) is 0 Å². The lowest BCUT2D eigenvalue weighted by Gasteiger charge is -1.80. The van der Waals surface area contributed by atoms with E-state index in [1.165, 1.54) is 0 Å². The van der Waals surface area contributed by atoms with Crippen LogP contribution in [0, 0.1) is 0 Å². The van der Waals surface area contributed by atoms with E-state index < -0.39 is 5.97 Å². The summed E-state index contributed by atoms with van der Waals surface area (Å²) in [6.07, 6.45) is -0.248. The molecule has 0 atom stereocenters. The fraction of sp³-hybridized carbons (Fsp3) is 1.00. The van der Waals surface area contributed by atoms with E-state index >= 15 is 0 Å². The molecule has 0 saturated carbocycles. The normalized spacial score (nSPS) is 70.2. The van der Waals surface area contributed by atoms with Gasteiger partial charge >= 0.3 is 5.97 Å². The van der Waals surface area contributed by atoms with E-state index in [9.17, 15) is 0 Å². The molecule has 0 aliphatic carbocycles. The van der Waals surface area contributed by atoms with Gasteiger partial charge in [-0.3, -0.25) is 9.47 Å². The number of hydrogen-bond donors (Lipinski definition) is 1. The molecule has 5 heavy (non-hydrogen) atoms. The quantitative estimate of drug-likeness (QED) is 0.375. The van der Waals surface area contributed by atoms with E-state index in [-0.39, 0.29) is 6.29 Å². The second-order valence-electron chi connectivity index (χ2n) is 1.20. The molecule has 0 amide bonds. The van der Waals surface area contributed by atoms with E-state index in [0.29, 0.717) is 0 Å². The van der Waals surface area contributed by atoms with Gasteiger partial charge in [-0.15, -0.1) is 0 Å². The highest BCUT2D eigenvalue weighted by molar-refractivity contribution is 4.91. The van der Waals surface area contributed by atoms with Crippen LogP contribution in [0.15, 0.2) is 0 Å². The first kappa shape index (κ1) is 2.12. The van der Waals surface area contributed by atoms with Crippen molar-refractivity contribution in [1.29, 1.82) is 0 Å². The third-order valence-electron chi connectivity index (χ3n) is 0.735. The first-order chi connectivity index (χ1) is 2.31. The van der Waals surface area contributed by atoms with Crippen LogP contribution in [0.4, 0.5) is 0 Å². The highest BCUT2D eigenvalue weighted by atomic mass is 17.1. The Bertz CT molecular complexity index is 73.0. The molecule has 3 heteroatoms. The van der Waals surface area contributed by atoms with Gasteiger partial charge in [0.2, 0.25) is 0 Å². The van der Waals surface area contributed by atoms with Crippen molar-refractivity contribution in [3.05, 3.63) is 0 Å². The van der Waals surface area contributed by atoms with Gasteiger partial charge in [0.25, 0.3) is 6.29 Å². The zero-order valence-electron chi connectivity index (χ0n) is 2.34. The average molecular weight is 74.0 g/mol. The predicted octanol–water partition coefficient (Wildman–Crippen LogP) is -0.981. The topological polar surface area (TPSA) is 45.3 Å². The molecule has 2 saturated heterocycles. The van der Waals surface area contributed by atoms with Crippen LogP contribution in [0.5, 0.6) is 0 Å². The molecule has 2 heterocycles. The lowest BCUT2D eigenvalue weighted by atomic mass is 10.9. The van der Waals surface area contributed by atoms with E-state index in [4.69, 9.17) is 5.11 Å². The summed E-state index contributed by atoms with van der Waals surface area (Å²) in [7, 11) is 0. The second-order valence-corrected chi connectivity index (χ2v) is 1.20. The Morgan fingerprint density at radius 1 is 1.60 bits per heavy atom. The van der Waals surface area contributed by atoms with Crippen molar-refractivity contribution in [2.75, 3.05) is 0 Å². The average Bonchev–Trinajstić information content (AvgIpc) is 1.74. The van der Waals surface area contributed by atoms with Gasteiger partial charge in [0.15, 0.2) is 0 Å². The predicted molar refractivity (Wildman–Crippen MR) is 10.9 cm³/mol. The Morgan fingerprint density at radius 2 is 1.80 bits per heavy atom. The minimum absolute atomic E-state index is 0.248. The first-order valence-corrected chi connectivity index (χ1v) is 1.39. The first-order valence-electron chi connectivity index (χ1n) is 1.39. The molecule has 0 aromatic rings.